The van der Waals surface area contributed by atoms with Crippen LogP contribution in [0.2, 0.25) is 0 Å². The van der Waals surface area contributed by atoms with Crippen LogP contribution < -0.4 is 0 Å². The minimum absolute atomic E-state index is 1.21. The summed E-state index contributed by atoms with van der Waals surface area (Å²) < 4.78 is 3.99. The van der Waals surface area contributed by atoms with Crippen molar-refractivity contribution in [2.24, 2.45) is 0 Å². The predicted molar refractivity (Wildman–Crippen MR) is 255 cm³/mol. The lowest BCUT2D eigenvalue weighted by Gasteiger charge is -2.29. The Bertz CT molecular complexity index is 843. The molecule has 0 N–H and O–H groups in total. The molecule has 0 bridgehead atoms. The van der Waals surface area contributed by atoms with Crippen LogP contribution in [-0.4, -0.2) is 34.5 Å². The van der Waals surface area contributed by atoms with Crippen molar-refractivity contribution in [3.05, 3.63) is 12.4 Å². The molecule has 0 aromatic heterocycles. The van der Waals surface area contributed by atoms with Gasteiger partial charge in [-0.3, -0.25) is 0 Å². The summed E-state index contributed by atoms with van der Waals surface area (Å²) in [6, 6.07) is 0. The largest absolute Gasteiger partial charge is 0.348 e. The minimum Gasteiger partial charge on any atom is -0.209 e. The second-order valence-electron chi connectivity index (χ2n) is 18.9. The van der Waals surface area contributed by atoms with Crippen molar-refractivity contribution in [3.8, 4) is 0 Å². The van der Waals surface area contributed by atoms with Crippen LogP contribution in [0.25, 0.3) is 0 Å². The summed E-state index contributed by atoms with van der Waals surface area (Å²) in [5, 5.41) is 0. The third-order valence-corrected chi connectivity index (χ3v) is 13.5. The molecule has 0 aliphatic carbocycles. The van der Waals surface area contributed by atoms with Gasteiger partial charge in [0.15, 0.2) is 12.7 Å². The summed E-state index contributed by atoms with van der Waals surface area (Å²) >= 11 is 0. The molecular formula is C54H108N2+2. The van der Waals surface area contributed by atoms with Gasteiger partial charge < -0.3 is 0 Å². The maximum absolute atomic E-state index is 2.78. The van der Waals surface area contributed by atoms with Gasteiger partial charge in [-0.2, -0.15) is 4.58 Å². The van der Waals surface area contributed by atoms with Gasteiger partial charge in [-0.05, 0) is 38.5 Å². The lowest BCUT2D eigenvalue weighted by molar-refractivity contribution is -0.801. The van der Waals surface area contributed by atoms with Gasteiger partial charge in [-0.15, -0.1) is 0 Å². The van der Waals surface area contributed by atoms with E-state index in [2.05, 4.69) is 44.7 Å². The average Bonchev–Trinajstić information content (AvgIpc) is 3.55. The number of rotatable bonds is 47. The van der Waals surface area contributed by atoms with Crippen molar-refractivity contribution in [1.29, 1.82) is 0 Å². The van der Waals surface area contributed by atoms with Gasteiger partial charge in [0.25, 0.3) is 0 Å². The Morgan fingerprint density at radius 2 is 0.554 bits per heavy atom. The number of unbranched alkanes of at least 4 members (excludes halogenated alkanes) is 39. The molecular weight excluding hydrogens is 677 g/mol. The molecule has 0 saturated carbocycles. The quantitative estimate of drug-likeness (QED) is 0.0328. The van der Waals surface area contributed by atoms with E-state index in [9.17, 15) is 0 Å². The molecule has 1 aliphatic heterocycles. The Hall–Kier alpha value is -0.630. The standard InChI is InChI=1S/C54H108N2/c1-5-9-13-17-21-23-25-27-29-31-33-35-37-39-43-47-52-56(51-46-42-38-36-34-32-30-28-26-24-22-18-14-10-6-2)53-50-55(49-45-41-20-16-12-8-4)54(56)48-44-40-19-15-11-7-3/h50,53H,5-49,51-52H2,1-4H3/q+2. The first-order valence-electron chi connectivity index (χ1n) is 26.9. The maximum atomic E-state index is 2.78. The molecule has 0 aromatic carbocycles. The molecule has 0 saturated heterocycles. The molecule has 2 nitrogen and oxygen atoms in total. The Morgan fingerprint density at radius 3 is 0.857 bits per heavy atom. The second kappa shape index (κ2) is 42.5. The molecule has 2 heteroatoms. The highest BCUT2D eigenvalue weighted by atomic mass is 15.4. The van der Waals surface area contributed by atoms with Crippen LogP contribution in [0.5, 0.6) is 0 Å². The first-order chi connectivity index (χ1) is 27.7. The fourth-order valence-corrected chi connectivity index (χ4v) is 9.56. The molecule has 1 aliphatic rings. The molecule has 0 radical (unpaired) electrons. The number of nitrogens with zero attached hydrogens (tertiary/aromatic N) is 2. The first kappa shape index (κ1) is 53.4. The van der Waals surface area contributed by atoms with E-state index in [4.69, 9.17) is 0 Å². The van der Waals surface area contributed by atoms with Crippen LogP contribution >= 0.6 is 0 Å². The van der Waals surface area contributed by atoms with E-state index in [1.54, 1.807) is 5.84 Å². The van der Waals surface area contributed by atoms with Gasteiger partial charge in [0.1, 0.15) is 0 Å². The summed E-state index contributed by atoms with van der Waals surface area (Å²) in [5.74, 6) is 1.79. The SMILES string of the molecule is CCCCCCCCCCCCCCCCCC[N+]1(CCCCCCCCCCCCCCCCC)C=C[N+](CCCCCCCC)=C1CCCCCCCC. The fourth-order valence-electron chi connectivity index (χ4n) is 9.56. The number of hydrogen-bond donors (Lipinski definition) is 0. The van der Waals surface area contributed by atoms with Crippen molar-refractivity contribution < 1.29 is 9.06 Å². The monoisotopic (exact) mass is 785 g/mol. The average molecular weight is 785 g/mol. The van der Waals surface area contributed by atoms with Gasteiger partial charge >= 0.3 is 5.84 Å². The highest BCUT2D eigenvalue weighted by Gasteiger charge is 2.42. The van der Waals surface area contributed by atoms with E-state index in [0.717, 1.165) is 0 Å². The van der Waals surface area contributed by atoms with Crippen molar-refractivity contribution >= 4 is 5.84 Å². The van der Waals surface area contributed by atoms with E-state index < -0.39 is 0 Å². The molecule has 1 atom stereocenters. The topological polar surface area (TPSA) is 3.01 Å². The summed E-state index contributed by atoms with van der Waals surface area (Å²) in [6.45, 7) is 13.3. The third kappa shape index (κ3) is 31.3. The van der Waals surface area contributed by atoms with Crippen LogP contribution in [0, 0.1) is 0 Å². The van der Waals surface area contributed by atoms with Crippen molar-refractivity contribution in [2.45, 2.75) is 310 Å². The summed E-state index contributed by atoms with van der Waals surface area (Å²) in [4.78, 5) is 0. The molecule has 1 unspecified atom stereocenters. The molecule has 0 spiro atoms. The fraction of sp³-hybridized carbons (Fsp3) is 0.944. The molecule has 0 fully saturated rings. The Morgan fingerprint density at radius 1 is 0.304 bits per heavy atom. The zero-order chi connectivity index (χ0) is 40.3. The van der Waals surface area contributed by atoms with E-state index in [1.165, 1.54) is 307 Å². The van der Waals surface area contributed by atoms with Crippen molar-refractivity contribution in [3.63, 3.8) is 0 Å². The predicted octanol–water partition coefficient (Wildman–Crippen LogP) is 18.9. The molecule has 1 rings (SSSR count). The molecule has 0 aromatic rings. The zero-order valence-electron chi connectivity index (χ0n) is 39.8. The summed E-state index contributed by atoms with van der Waals surface area (Å²) in [5.41, 5.74) is 0. The minimum atomic E-state index is 1.21. The second-order valence-corrected chi connectivity index (χ2v) is 18.9. The number of amidine groups is 1. The molecule has 0 amide bonds. The van der Waals surface area contributed by atoms with Gasteiger partial charge in [-0.1, -0.05) is 259 Å². The van der Waals surface area contributed by atoms with E-state index in [0.29, 0.717) is 0 Å². The third-order valence-electron chi connectivity index (χ3n) is 13.5. The lowest BCUT2D eigenvalue weighted by atomic mass is 10.0. The smallest absolute Gasteiger partial charge is 0.209 e. The Balaban J connectivity index is 2.56. The molecule has 332 valence electrons. The summed E-state index contributed by atoms with van der Waals surface area (Å²) in [6.07, 6.45) is 68.6. The molecule has 1 heterocycles. The van der Waals surface area contributed by atoms with Crippen LogP contribution in [0.1, 0.15) is 310 Å². The lowest BCUT2D eigenvalue weighted by Crippen LogP contribution is -2.50. The maximum Gasteiger partial charge on any atom is 0.348 e. The van der Waals surface area contributed by atoms with Crippen LogP contribution in [0.15, 0.2) is 12.4 Å². The van der Waals surface area contributed by atoms with E-state index in [-0.39, 0.29) is 0 Å². The van der Waals surface area contributed by atoms with Crippen molar-refractivity contribution in [1.82, 2.24) is 0 Å². The number of quaternary nitrogens is 1. The van der Waals surface area contributed by atoms with Gasteiger partial charge in [0, 0.05) is 6.42 Å². The van der Waals surface area contributed by atoms with Crippen molar-refractivity contribution in [2.75, 3.05) is 19.6 Å². The number of hydrogen-bond acceptors (Lipinski definition) is 0. The summed E-state index contributed by atoms with van der Waals surface area (Å²) in [7, 11) is 0. The van der Waals surface area contributed by atoms with Gasteiger partial charge in [0.2, 0.25) is 6.20 Å². The van der Waals surface area contributed by atoms with E-state index in [1.807, 2.05) is 0 Å². The van der Waals surface area contributed by atoms with Crippen LogP contribution in [0.4, 0.5) is 0 Å². The van der Waals surface area contributed by atoms with Gasteiger partial charge in [-0.25, -0.2) is 4.48 Å². The van der Waals surface area contributed by atoms with Gasteiger partial charge in [0.05, 0.1) is 19.5 Å². The Labute approximate surface area is 355 Å². The zero-order valence-corrected chi connectivity index (χ0v) is 39.8. The molecule has 56 heavy (non-hydrogen) atoms. The van der Waals surface area contributed by atoms with Crippen LogP contribution in [-0.2, 0) is 0 Å². The highest BCUT2D eigenvalue weighted by Crippen LogP contribution is 2.26. The Kier molecular flexibility index (Phi) is 40.5. The normalized spacial score (nSPS) is 15.6. The van der Waals surface area contributed by atoms with E-state index >= 15 is 0 Å². The first-order valence-corrected chi connectivity index (χ1v) is 26.9. The highest BCUT2D eigenvalue weighted by molar-refractivity contribution is 5.72. The van der Waals surface area contributed by atoms with Crippen LogP contribution in [0.3, 0.4) is 0 Å².